The normalized spacial score (nSPS) is 12.2. The van der Waals surface area contributed by atoms with Gasteiger partial charge in [-0.2, -0.15) is 0 Å². The Bertz CT molecular complexity index is 352. The quantitative estimate of drug-likeness (QED) is 0.786. The third-order valence-electron chi connectivity index (χ3n) is 2.54. The van der Waals surface area contributed by atoms with Gasteiger partial charge in [0, 0.05) is 17.5 Å². The van der Waals surface area contributed by atoms with Gasteiger partial charge >= 0.3 is 0 Å². The number of rotatable bonds is 5. The number of alkyl halides is 1. The Balaban J connectivity index is 2.56. The minimum atomic E-state index is 0.000160. The first-order valence-electron chi connectivity index (χ1n) is 5.57. The van der Waals surface area contributed by atoms with Crippen molar-refractivity contribution in [1.29, 1.82) is 0 Å². The molecular formula is C13H18ClNO. The van der Waals surface area contributed by atoms with Crippen LogP contribution in [0, 0.1) is 6.92 Å². The molecule has 3 heteroatoms. The number of amides is 1. The van der Waals surface area contributed by atoms with Crippen molar-refractivity contribution in [1.82, 2.24) is 5.32 Å². The SMILES string of the molecule is Cc1ccccc1C(=O)NC(C)CCCCl. The molecule has 0 aromatic heterocycles. The number of hydrogen-bond acceptors (Lipinski definition) is 1. The summed E-state index contributed by atoms with van der Waals surface area (Å²) in [7, 11) is 0. The van der Waals surface area contributed by atoms with E-state index in [1.54, 1.807) is 0 Å². The van der Waals surface area contributed by atoms with Crippen LogP contribution in [-0.4, -0.2) is 17.8 Å². The largest absolute Gasteiger partial charge is 0.350 e. The Morgan fingerprint density at radius 2 is 2.12 bits per heavy atom. The van der Waals surface area contributed by atoms with E-state index < -0.39 is 0 Å². The van der Waals surface area contributed by atoms with Crippen molar-refractivity contribution in [3.8, 4) is 0 Å². The van der Waals surface area contributed by atoms with E-state index >= 15 is 0 Å². The van der Waals surface area contributed by atoms with Crippen LogP contribution in [0.25, 0.3) is 0 Å². The molecule has 1 aromatic carbocycles. The van der Waals surface area contributed by atoms with Crippen LogP contribution in [0.1, 0.15) is 35.7 Å². The molecule has 88 valence electrons. The van der Waals surface area contributed by atoms with Gasteiger partial charge in [-0.15, -0.1) is 11.6 Å². The average molecular weight is 240 g/mol. The molecular weight excluding hydrogens is 222 g/mol. The Hall–Kier alpha value is -1.02. The molecule has 1 rings (SSSR count). The highest BCUT2D eigenvalue weighted by atomic mass is 35.5. The highest BCUT2D eigenvalue weighted by molar-refractivity contribution is 6.17. The summed E-state index contributed by atoms with van der Waals surface area (Å²) < 4.78 is 0. The molecule has 0 spiro atoms. The molecule has 0 heterocycles. The van der Waals surface area contributed by atoms with Gasteiger partial charge in [0.1, 0.15) is 0 Å². The first-order chi connectivity index (χ1) is 7.65. The number of carbonyl (C=O) groups excluding carboxylic acids is 1. The Kier molecular flexibility index (Phi) is 5.33. The van der Waals surface area contributed by atoms with Crippen molar-refractivity contribution >= 4 is 17.5 Å². The van der Waals surface area contributed by atoms with Crippen LogP contribution in [0.15, 0.2) is 24.3 Å². The van der Waals surface area contributed by atoms with Gasteiger partial charge in [0.25, 0.3) is 5.91 Å². The zero-order valence-electron chi connectivity index (χ0n) is 9.79. The molecule has 2 nitrogen and oxygen atoms in total. The van der Waals surface area contributed by atoms with Crippen molar-refractivity contribution in [2.75, 3.05) is 5.88 Å². The summed E-state index contributed by atoms with van der Waals surface area (Å²) in [4.78, 5) is 11.9. The van der Waals surface area contributed by atoms with Crippen LogP contribution >= 0.6 is 11.6 Å². The number of hydrogen-bond donors (Lipinski definition) is 1. The topological polar surface area (TPSA) is 29.1 Å². The molecule has 1 amide bonds. The Morgan fingerprint density at radius 1 is 1.44 bits per heavy atom. The van der Waals surface area contributed by atoms with Crippen LogP contribution in [0.3, 0.4) is 0 Å². The summed E-state index contributed by atoms with van der Waals surface area (Å²) in [5.74, 6) is 0.644. The minimum absolute atomic E-state index is 0.000160. The van der Waals surface area contributed by atoms with Gasteiger partial charge in [0.15, 0.2) is 0 Å². The second-order valence-corrected chi connectivity index (χ2v) is 4.40. The van der Waals surface area contributed by atoms with E-state index in [0.29, 0.717) is 5.88 Å². The summed E-state index contributed by atoms with van der Waals surface area (Å²) in [6.07, 6.45) is 1.85. The maximum Gasteiger partial charge on any atom is 0.251 e. The summed E-state index contributed by atoms with van der Waals surface area (Å²) in [6, 6.07) is 7.77. The fourth-order valence-electron chi connectivity index (χ4n) is 1.58. The van der Waals surface area contributed by atoms with Crippen molar-refractivity contribution in [3.05, 3.63) is 35.4 Å². The van der Waals surface area contributed by atoms with Gasteiger partial charge < -0.3 is 5.32 Å². The molecule has 0 fully saturated rings. The molecule has 0 radical (unpaired) electrons. The molecule has 1 unspecified atom stereocenters. The summed E-state index contributed by atoms with van der Waals surface area (Å²) in [6.45, 7) is 3.95. The number of nitrogens with one attached hydrogen (secondary N) is 1. The lowest BCUT2D eigenvalue weighted by Gasteiger charge is -2.14. The molecule has 0 aliphatic carbocycles. The van der Waals surface area contributed by atoms with Gasteiger partial charge in [-0.3, -0.25) is 4.79 Å². The van der Waals surface area contributed by atoms with Crippen molar-refractivity contribution < 1.29 is 4.79 Å². The summed E-state index contributed by atoms with van der Waals surface area (Å²) in [5.41, 5.74) is 1.75. The highest BCUT2D eigenvalue weighted by Crippen LogP contribution is 2.07. The number of carbonyl (C=O) groups is 1. The van der Waals surface area contributed by atoms with Crippen molar-refractivity contribution in [2.24, 2.45) is 0 Å². The van der Waals surface area contributed by atoms with E-state index in [4.69, 9.17) is 11.6 Å². The number of aryl methyl sites for hydroxylation is 1. The van der Waals surface area contributed by atoms with Gasteiger partial charge in [0.2, 0.25) is 0 Å². The predicted molar refractivity (Wildman–Crippen MR) is 68.1 cm³/mol. The lowest BCUT2D eigenvalue weighted by molar-refractivity contribution is 0.0937. The van der Waals surface area contributed by atoms with Crippen LogP contribution < -0.4 is 5.32 Å². The molecule has 16 heavy (non-hydrogen) atoms. The van der Waals surface area contributed by atoms with Crippen molar-refractivity contribution in [3.63, 3.8) is 0 Å². The number of halogens is 1. The van der Waals surface area contributed by atoms with Gasteiger partial charge in [-0.1, -0.05) is 18.2 Å². The zero-order chi connectivity index (χ0) is 12.0. The second kappa shape index (κ2) is 6.54. The van der Waals surface area contributed by atoms with Gasteiger partial charge in [-0.05, 0) is 38.3 Å². The smallest absolute Gasteiger partial charge is 0.251 e. The third kappa shape index (κ3) is 3.86. The van der Waals surface area contributed by atoms with Crippen LogP contribution in [-0.2, 0) is 0 Å². The summed E-state index contributed by atoms with van der Waals surface area (Å²) >= 11 is 5.61. The fraction of sp³-hybridized carbons (Fsp3) is 0.462. The fourth-order valence-corrected chi connectivity index (χ4v) is 1.74. The minimum Gasteiger partial charge on any atom is -0.350 e. The standard InChI is InChI=1S/C13H18ClNO/c1-10-6-3-4-8-12(10)13(16)15-11(2)7-5-9-14/h3-4,6,8,11H,5,7,9H2,1-2H3,(H,15,16). The zero-order valence-corrected chi connectivity index (χ0v) is 10.6. The lowest BCUT2D eigenvalue weighted by atomic mass is 10.1. The third-order valence-corrected chi connectivity index (χ3v) is 2.81. The molecule has 0 bridgehead atoms. The van der Waals surface area contributed by atoms with E-state index in [-0.39, 0.29) is 11.9 Å². The van der Waals surface area contributed by atoms with Crippen LogP contribution in [0.2, 0.25) is 0 Å². The maximum atomic E-state index is 11.9. The maximum absolute atomic E-state index is 11.9. The van der Waals surface area contributed by atoms with Gasteiger partial charge in [-0.25, -0.2) is 0 Å². The first-order valence-corrected chi connectivity index (χ1v) is 6.11. The first kappa shape index (κ1) is 13.0. The van der Waals surface area contributed by atoms with E-state index in [1.807, 2.05) is 38.1 Å². The highest BCUT2D eigenvalue weighted by Gasteiger charge is 2.10. The molecule has 1 N–H and O–H groups in total. The molecule has 0 aliphatic rings. The lowest BCUT2D eigenvalue weighted by Crippen LogP contribution is -2.32. The Morgan fingerprint density at radius 3 is 2.75 bits per heavy atom. The van der Waals surface area contributed by atoms with E-state index in [0.717, 1.165) is 24.0 Å². The van der Waals surface area contributed by atoms with Crippen LogP contribution in [0.4, 0.5) is 0 Å². The Labute approximate surface area is 102 Å². The summed E-state index contributed by atoms with van der Waals surface area (Å²) in [5, 5.41) is 2.97. The molecule has 0 aliphatic heterocycles. The second-order valence-electron chi connectivity index (χ2n) is 4.02. The molecule has 1 atom stereocenters. The van der Waals surface area contributed by atoms with E-state index in [1.165, 1.54) is 0 Å². The monoisotopic (exact) mass is 239 g/mol. The molecule has 0 saturated carbocycles. The molecule has 0 saturated heterocycles. The predicted octanol–water partition coefficient (Wildman–Crippen LogP) is 3.13. The van der Waals surface area contributed by atoms with Crippen LogP contribution in [0.5, 0.6) is 0 Å². The van der Waals surface area contributed by atoms with E-state index in [9.17, 15) is 4.79 Å². The van der Waals surface area contributed by atoms with E-state index in [2.05, 4.69) is 5.32 Å². The van der Waals surface area contributed by atoms with Crippen molar-refractivity contribution in [2.45, 2.75) is 32.7 Å². The number of benzene rings is 1. The van der Waals surface area contributed by atoms with Gasteiger partial charge in [0.05, 0.1) is 0 Å². The molecule has 1 aromatic rings. The average Bonchev–Trinajstić information content (AvgIpc) is 2.26.